The van der Waals surface area contributed by atoms with Crippen LogP contribution in [0.2, 0.25) is 5.02 Å². The molecule has 0 aliphatic carbocycles. The summed E-state index contributed by atoms with van der Waals surface area (Å²) in [5.41, 5.74) is 1.67. The molecule has 2 heterocycles. The Balaban J connectivity index is 1.33. The lowest BCUT2D eigenvalue weighted by molar-refractivity contribution is -0.130. The molecule has 0 radical (unpaired) electrons. The van der Waals surface area contributed by atoms with Crippen molar-refractivity contribution >= 4 is 46.2 Å². The van der Waals surface area contributed by atoms with Gasteiger partial charge in [-0.1, -0.05) is 35.9 Å². The first-order valence-corrected chi connectivity index (χ1v) is 11.5. The van der Waals surface area contributed by atoms with Gasteiger partial charge in [-0.2, -0.15) is 0 Å². The van der Waals surface area contributed by atoms with E-state index in [1.165, 1.54) is 11.3 Å². The van der Waals surface area contributed by atoms with Crippen molar-refractivity contribution in [2.45, 2.75) is 0 Å². The van der Waals surface area contributed by atoms with Gasteiger partial charge in [0.25, 0.3) is 5.91 Å². The molecule has 0 saturated carbocycles. The van der Waals surface area contributed by atoms with E-state index in [0.29, 0.717) is 41.6 Å². The van der Waals surface area contributed by atoms with E-state index in [9.17, 15) is 14.4 Å². The van der Waals surface area contributed by atoms with Gasteiger partial charge in [-0.05, 0) is 41.8 Å². The first kappa shape index (κ1) is 22.0. The van der Waals surface area contributed by atoms with E-state index in [2.05, 4.69) is 10.2 Å². The molecule has 3 aromatic rings. The number of ketones is 1. The highest BCUT2D eigenvalue weighted by molar-refractivity contribution is 7.12. The molecule has 0 unspecified atom stereocenters. The standard InChI is InChI=1S/C24H22ClN3O3S/c25-17-7-9-18(10-8-17)27-11-13-28(14-12-27)22(29)16-26-24(31)20-5-2-1-4-19(20)23(30)21-6-3-15-32-21/h1-10,15H,11-14,16H2,(H,26,31). The average Bonchev–Trinajstić information content (AvgIpc) is 3.37. The lowest BCUT2D eigenvalue weighted by atomic mass is 10.0. The molecule has 6 nitrogen and oxygen atoms in total. The fourth-order valence-corrected chi connectivity index (χ4v) is 4.45. The van der Waals surface area contributed by atoms with Gasteiger partial charge in [0.15, 0.2) is 0 Å². The van der Waals surface area contributed by atoms with Crippen LogP contribution < -0.4 is 10.2 Å². The van der Waals surface area contributed by atoms with Crippen molar-refractivity contribution in [3.05, 3.63) is 87.1 Å². The maximum absolute atomic E-state index is 12.7. The second-order valence-electron chi connectivity index (χ2n) is 7.38. The molecule has 2 aromatic carbocycles. The van der Waals surface area contributed by atoms with E-state index < -0.39 is 5.91 Å². The summed E-state index contributed by atoms with van der Waals surface area (Å²) in [6.45, 7) is 2.45. The van der Waals surface area contributed by atoms with Crippen LogP contribution in [0.3, 0.4) is 0 Å². The fraction of sp³-hybridized carbons (Fsp3) is 0.208. The fourth-order valence-electron chi connectivity index (χ4n) is 3.65. The smallest absolute Gasteiger partial charge is 0.252 e. The Kier molecular flexibility index (Phi) is 6.87. The zero-order valence-corrected chi connectivity index (χ0v) is 18.9. The van der Waals surface area contributed by atoms with Gasteiger partial charge >= 0.3 is 0 Å². The minimum Gasteiger partial charge on any atom is -0.368 e. The minimum absolute atomic E-state index is 0.110. The van der Waals surface area contributed by atoms with Gasteiger partial charge in [0.2, 0.25) is 11.7 Å². The van der Waals surface area contributed by atoms with Crippen molar-refractivity contribution in [1.29, 1.82) is 0 Å². The maximum atomic E-state index is 12.7. The van der Waals surface area contributed by atoms with Crippen LogP contribution in [0.1, 0.15) is 25.6 Å². The van der Waals surface area contributed by atoms with Crippen LogP contribution in [-0.4, -0.2) is 55.2 Å². The molecule has 1 aromatic heterocycles. The van der Waals surface area contributed by atoms with Crippen LogP contribution in [0.25, 0.3) is 0 Å². The summed E-state index contributed by atoms with van der Waals surface area (Å²) in [4.78, 5) is 42.6. The van der Waals surface area contributed by atoms with Gasteiger partial charge in [0.05, 0.1) is 17.0 Å². The number of carbonyl (C=O) groups is 3. The number of hydrogen-bond donors (Lipinski definition) is 1. The van der Waals surface area contributed by atoms with Crippen molar-refractivity contribution in [2.75, 3.05) is 37.6 Å². The number of hydrogen-bond acceptors (Lipinski definition) is 5. The highest BCUT2D eigenvalue weighted by atomic mass is 35.5. The van der Waals surface area contributed by atoms with E-state index in [0.717, 1.165) is 5.69 Å². The first-order valence-electron chi connectivity index (χ1n) is 10.3. The molecule has 164 valence electrons. The average molecular weight is 468 g/mol. The molecule has 2 amide bonds. The number of thiophene rings is 1. The van der Waals surface area contributed by atoms with Gasteiger partial charge in [0.1, 0.15) is 0 Å². The summed E-state index contributed by atoms with van der Waals surface area (Å²) in [5, 5.41) is 5.19. The molecule has 0 spiro atoms. The van der Waals surface area contributed by atoms with Crippen LogP contribution in [-0.2, 0) is 4.79 Å². The number of piperazine rings is 1. The Labute approximate surface area is 195 Å². The van der Waals surface area contributed by atoms with Crippen molar-refractivity contribution in [2.24, 2.45) is 0 Å². The molecule has 0 bridgehead atoms. The summed E-state index contributed by atoms with van der Waals surface area (Å²) in [5.74, 6) is -0.773. The predicted molar refractivity (Wildman–Crippen MR) is 127 cm³/mol. The molecule has 8 heteroatoms. The van der Waals surface area contributed by atoms with Crippen LogP contribution in [0.5, 0.6) is 0 Å². The zero-order valence-electron chi connectivity index (χ0n) is 17.3. The van der Waals surface area contributed by atoms with Gasteiger partial charge in [-0.3, -0.25) is 14.4 Å². The van der Waals surface area contributed by atoms with Crippen LogP contribution in [0, 0.1) is 0 Å². The molecule has 1 aliphatic heterocycles. The summed E-state index contributed by atoms with van der Waals surface area (Å²) in [6, 6.07) is 17.8. The third-order valence-electron chi connectivity index (χ3n) is 5.39. The van der Waals surface area contributed by atoms with Crippen LogP contribution in [0.4, 0.5) is 5.69 Å². The Bertz CT molecular complexity index is 1110. The monoisotopic (exact) mass is 467 g/mol. The molecule has 1 fully saturated rings. The van der Waals surface area contributed by atoms with Crippen molar-refractivity contribution < 1.29 is 14.4 Å². The second kappa shape index (κ2) is 9.97. The highest BCUT2D eigenvalue weighted by Crippen LogP contribution is 2.20. The number of amides is 2. The number of nitrogens with one attached hydrogen (secondary N) is 1. The number of anilines is 1. The predicted octanol–water partition coefficient (Wildman–Crippen LogP) is 3.71. The molecule has 0 atom stereocenters. The number of halogens is 1. The van der Waals surface area contributed by atoms with Gasteiger partial charge in [-0.15, -0.1) is 11.3 Å². The molecule has 1 aliphatic rings. The van der Waals surface area contributed by atoms with E-state index in [4.69, 9.17) is 11.6 Å². The molecular formula is C24H22ClN3O3S. The first-order chi connectivity index (χ1) is 15.5. The summed E-state index contributed by atoms with van der Waals surface area (Å²) in [6.07, 6.45) is 0. The van der Waals surface area contributed by atoms with E-state index in [-0.39, 0.29) is 23.8 Å². The normalized spacial score (nSPS) is 13.7. The topological polar surface area (TPSA) is 69.7 Å². The lowest BCUT2D eigenvalue weighted by Crippen LogP contribution is -2.51. The summed E-state index contributed by atoms with van der Waals surface area (Å²) >= 11 is 7.28. The van der Waals surface area contributed by atoms with Crippen LogP contribution >= 0.6 is 22.9 Å². The van der Waals surface area contributed by atoms with E-state index >= 15 is 0 Å². The number of benzene rings is 2. The molecule has 1 saturated heterocycles. The number of carbonyl (C=O) groups excluding carboxylic acids is 3. The molecule has 4 rings (SSSR count). The molecule has 32 heavy (non-hydrogen) atoms. The third-order valence-corrected chi connectivity index (χ3v) is 6.51. The Morgan fingerprint density at radius 2 is 1.56 bits per heavy atom. The number of rotatable bonds is 6. The molecule has 1 N–H and O–H groups in total. The van der Waals surface area contributed by atoms with Gasteiger partial charge < -0.3 is 15.1 Å². The Morgan fingerprint density at radius 1 is 0.875 bits per heavy atom. The van der Waals surface area contributed by atoms with E-state index in [1.807, 2.05) is 29.6 Å². The SMILES string of the molecule is O=C(NCC(=O)N1CCN(c2ccc(Cl)cc2)CC1)c1ccccc1C(=O)c1cccs1. The Morgan fingerprint density at radius 3 is 2.22 bits per heavy atom. The highest BCUT2D eigenvalue weighted by Gasteiger charge is 2.23. The lowest BCUT2D eigenvalue weighted by Gasteiger charge is -2.36. The Hall–Kier alpha value is -3.16. The quantitative estimate of drug-likeness (QED) is 0.561. The van der Waals surface area contributed by atoms with Crippen LogP contribution in [0.15, 0.2) is 66.0 Å². The third kappa shape index (κ3) is 5.00. The maximum Gasteiger partial charge on any atom is 0.252 e. The van der Waals surface area contributed by atoms with E-state index in [1.54, 1.807) is 41.3 Å². The molecular weight excluding hydrogens is 446 g/mol. The largest absolute Gasteiger partial charge is 0.368 e. The zero-order chi connectivity index (χ0) is 22.5. The van der Waals surface area contributed by atoms with Gasteiger partial charge in [0, 0.05) is 42.5 Å². The second-order valence-corrected chi connectivity index (χ2v) is 8.76. The van der Waals surface area contributed by atoms with Crippen molar-refractivity contribution in [3.8, 4) is 0 Å². The van der Waals surface area contributed by atoms with Crippen molar-refractivity contribution in [1.82, 2.24) is 10.2 Å². The van der Waals surface area contributed by atoms with Gasteiger partial charge in [-0.25, -0.2) is 0 Å². The number of nitrogens with zero attached hydrogens (tertiary/aromatic N) is 2. The summed E-state index contributed by atoms with van der Waals surface area (Å²) in [7, 11) is 0. The van der Waals surface area contributed by atoms with Crippen molar-refractivity contribution in [3.63, 3.8) is 0 Å². The summed E-state index contributed by atoms with van der Waals surface area (Å²) < 4.78 is 0. The minimum atomic E-state index is -0.432.